The van der Waals surface area contributed by atoms with Crippen molar-refractivity contribution in [3.8, 4) is 0 Å². The van der Waals surface area contributed by atoms with Crippen LogP contribution >= 0.6 is 0 Å². The molecule has 1 aromatic carbocycles. The van der Waals surface area contributed by atoms with Gasteiger partial charge in [-0.25, -0.2) is 23.5 Å². The first-order chi connectivity index (χ1) is 9.45. The van der Waals surface area contributed by atoms with Crippen molar-refractivity contribution in [3.63, 3.8) is 0 Å². The molecule has 0 unspecified atom stereocenters. The Balaban J connectivity index is 2.08. The monoisotopic (exact) mass is 278 g/mol. The number of aryl methyl sites for hydroxylation is 2. The maximum Gasteiger partial charge on any atom is 0.341 e. The maximum absolute atomic E-state index is 13.4. The van der Waals surface area contributed by atoms with E-state index in [0.29, 0.717) is 17.6 Å². The van der Waals surface area contributed by atoms with Crippen molar-refractivity contribution in [2.24, 2.45) is 0 Å². The van der Waals surface area contributed by atoms with Crippen LogP contribution < -0.4 is 0 Å². The molecule has 0 aliphatic heterocycles. The van der Waals surface area contributed by atoms with E-state index in [1.54, 1.807) is 19.9 Å². The summed E-state index contributed by atoms with van der Waals surface area (Å²) in [5, 5.41) is 0. The van der Waals surface area contributed by atoms with Gasteiger partial charge in [-0.1, -0.05) is 0 Å². The van der Waals surface area contributed by atoms with Gasteiger partial charge in [0.25, 0.3) is 0 Å². The SMILES string of the molecule is Cc1cc(COC(=O)c2ccc(F)cc2F)nc(C)n1. The smallest absolute Gasteiger partial charge is 0.341 e. The molecule has 0 aliphatic carbocycles. The van der Waals surface area contributed by atoms with Gasteiger partial charge in [0.1, 0.15) is 24.1 Å². The Morgan fingerprint density at radius 2 is 1.95 bits per heavy atom. The Labute approximate surface area is 114 Å². The van der Waals surface area contributed by atoms with Crippen LogP contribution in [-0.4, -0.2) is 15.9 Å². The van der Waals surface area contributed by atoms with Gasteiger partial charge in [0.05, 0.1) is 11.3 Å². The molecule has 20 heavy (non-hydrogen) atoms. The number of ether oxygens (including phenoxy) is 1. The highest BCUT2D eigenvalue weighted by Crippen LogP contribution is 2.12. The number of carbonyl (C=O) groups is 1. The van der Waals surface area contributed by atoms with Crippen molar-refractivity contribution in [2.45, 2.75) is 20.5 Å². The second-order valence-corrected chi connectivity index (χ2v) is 4.25. The zero-order valence-corrected chi connectivity index (χ0v) is 11.0. The third-order valence-electron chi connectivity index (χ3n) is 2.52. The summed E-state index contributed by atoms with van der Waals surface area (Å²) in [6.07, 6.45) is 0. The molecule has 0 radical (unpaired) electrons. The minimum Gasteiger partial charge on any atom is -0.456 e. The molecule has 2 rings (SSSR count). The summed E-state index contributed by atoms with van der Waals surface area (Å²) in [6, 6.07) is 4.35. The molecule has 0 saturated heterocycles. The summed E-state index contributed by atoms with van der Waals surface area (Å²) in [4.78, 5) is 19.9. The predicted molar refractivity (Wildman–Crippen MR) is 67.0 cm³/mol. The van der Waals surface area contributed by atoms with E-state index < -0.39 is 17.6 Å². The van der Waals surface area contributed by atoms with Gasteiger partial charge < -0.3 is 4.74 Å². The first-order valence-corrected chi connectivity index (χ1v) is 5.89. The van der Waals surface area contributed by atoms with Crippen molar-refractivity contribution < 1.29 is 18.3 Å². The Morgan fingerprint density at radius 3 is 2.60 bits per heavy atom. The maximum atomic E-state index is 13.4. The molecule has 2 aromatic rings. The van der Waals surface area contributed by atoms with E-state index in [1.165, 1.54) is 0 Å². The van der Waals surface area contributed by atoms with Crippen LogP contribution in [0.3, 0.4) is 0 Å². The number of carbonyl (C=O) groups excluding carboxylic acids is 1. The molecule has 0 N–H and O–H groups in total. The van der Waals surface area contributed by atoms with Gasteiger partial charge in [-0.2, -0.15) is 0 Å². The first-order valence-electron chi connectivity index (χ1n) is 5.89. The fraction of sp³-hybridized carbons (Fsp3) is 0.214. The lowest BCUT2D eigenvalue weighted by Gasteiger charge is -2.06. The van der Waals surface area contributed by atoms with E-state index in [9.17, 15) is 13.6 Å². The van der Waals surface area contributed by atoms with E-state index in [0.717, 1.165) is 17.8 Å². The van der Waals surface area contributed by atoms with Gasteiger partial charge in [-0.15, -0.1) is 0 Å². The number of nitrogens with zero attached hydrogens (tertiary/aromatic N) is 2. The van der Waals surface area contributed by atoms with E-state index in [-0.39, 0.29) is 12.2 Å². The second-order valence-electron chi connectivity index (χ2n) is 4.25. The van der Waals surface area contributed by atoms with Gasteiger partial charge in [0.2, 0.25) is 0 Å². The summed E-state index contributed by atoms with van der Waals surface area (Å²) in [5.74, 6) is -2.01. The third-order valence-corrected chi connectivity index (χ3v) is 2.52. The zero-order chi connectivity index (χ0) is 14.7. The predicted octanol–water partition coefficient (Wildman–Crippen LogP) is 2.73. The average Bonchev–Trinajstić information content (AvgIpc) is 2.35. The Kier molecular flexibility index (Phi) is 4.02. The number of benzene rings is 1. The Bertz CT molecular complexity index is 639. The second kappa shape index (κ2) is 5.73. The van der Waals surface area contributed by atoms with Crippen molar-refractivity contribution in [1.82, 2.24) is 9.97 Å². The fourth-order valence-corrected chi connectivity index (χ4v) is 1.74. The highest BCUT2D eigenvalue weighted by Gasteiger charge is 2.14. The molecule has 0 fully saturated rings. The lowest BCUT2D eigenvalue weighted by molar-refractivity contribution is 0.0461. The number of hydrogen-bond donors (Lipinski definition) is 0. The number of aromatic nitrogens is 2. The molecule has 4 nitrogen and oxygen atoms in total. The van der Waals surface area contributed by atoms with Crippen LogP contribution in [0.5, 0.6) is 0 Å². The Hall–Kier alpha value is -2.37. The van der Waals surface area contributed by atoms with E-state index in [1.807, 2.05) is 0 Å². The molecular weight excluding hydrogens is 266 g/mol. The molecule has 0 bridgehead atoms. The summed E-state index contributed by atoms with van der Waals surface area (Å²) >= 11 is 0. The summed E-state index contributed by atoms with van der Waals surface area (Å²) in [7, 11) is 0. The summed E-state index contributed by atoms with van der Waals surface area (Å²) < 4.78 is 31.1. The van der Waals surface area contributed by atoms with E-state index in [2.05, 4.69) is 9.97 Å². The quantitative estimate of drug-likeness (QED) is 0.810. The van der Waals surface area contributed by atoms with Crippen molar-refractivity contribution in [1.29, 1.82) is 0 Å². The minimum atomic E-state index is -0.954. The van der Waals surface area contributed by atoms with Gasteiger partial charge in [-0.3, -0.25) is 0 Å². The summed E-state index contributed by atoms with van der Waals surface area (Å²) in [5.41, 5.74) is 0.955. The summed E-state index contributed by atoms with van der Waals surface area (Å²) in [6.45, 7) is 3.41. The molecule has 1 aromatic heterocycles. The number of rotatable bonds is 3. The molecule has 0 amide bonds. The van der Waals surface area contributed by atoms with Crippen molar-refractivity contribution in [3.05, 3.63) is 58.7 Å². The van der Waals surface area contributed by atoms with Crippen LogP contribution in [0.2, 0.25) is 0 Å². The van der Waals surface area contributed by atoms with Gasteiger partial charge in [0.15, 0.2) is 0 Å². The lowest BCUT2D eigenvalue weighted by Crippen LogP contribution is -2.09. The highest BCUT2D eigenvalue weighted by molar-refractivity contribution is 5.89. The van der Waals surface area contributed by atoms with Crippen LogP contribution in [0.25, 0.3) is 0 Å². The van der Waals surface area contributed by atoms with Crippen LogP contribution in [0.15, 0.2) is 24.3 Å². The van der Waals surface area contributed by atoms with Gasteiger partial charge >= 0.3 is 5.97 Å². The van der Waals surface area contributed by atoms with Crippen LogP contribution in [0, 0.1) is 25.5 Å². The molecule has 1 heterocycles. The first kappa shape index (κ1) is 14.0. The van der Waals surface area contributed by atoms with Crippen molar-refractivity contribution in [2.75, 3.05) is 0 Å². The molecule has 0 saturated carbocycles. The molecule has 104 valence electrons. The average molecular weight is 278 g/mol. The lowest BCUT2D eigenvalue weighted by atomic mass is 10.2. The van der Waals surface area contributed by atoms with Crippen LogP contribution in [-0.2, 0) is 11.3 Å². The van der Waals surface area contributed by atoms with Gasteiger partial charge in [-0.05, 0) is 32.0 Å². The topological polar surface area (TPSA) is 52.1 Å². The fourth-order valence-electron chi connectivity index (χ4n) is 1.74. The molecule has 0 aliphatic rings. The van der Waals surface area contributed by atoms with E-state index >= 15 is 0 Å². The van der Waals surface area contributed by atoms with E-state index in [4.69, 9.17) is 4.74 Å². The number of esters is 1. The van der Waals surface area contributed by atoms with Crippen LogP contribution in [0.1, 0.15) is 27.6 Å². The normalized spacial score (nSPS) is 10.4. The third kappa shape index (κ3) is 3.34. The Morgan fingerprint density at radius 1 is 1.20 bits per heavy atom. The van der Waals surface area contributed by atoms with Gasteiger partial charge in [0, 0.05) is 11.8 Å². The largest absolute Gasteiger partial charge is 0.456 e. The minimum absolute atomic E-state index is 0.0974. The number of hydrogen-bond acceptors (Lipinski definition) is 4. The molecule has 6 heteroatoms. The standard InChI is InChI=1S/C14H12F2N2O2/c1-8-5-11(18-9(2)17-8)7-20-14(19)12-4-3-10(15)6-13(12)16/h3-6H,7H2,1-2H3. The molecular formula is C14H12F2N2O2. The molecule has 0 spiro atoms. The van der Waals surface area contributed by atoms with Crippen LogP contribution in [0.4, 0.5) is 8.78 Å². The highest BCUT2D eigenvalue weighted by atomic mass is 19.1. The molecule has 0 atom stereocenters. The number of halogens is 2. The van der Waals surface area contributed by atoms with Crippen molar-refractivity contribution >= 4 is 5.97 Å². The zero-order valence-electron chi connectivity index (χ0n) is 11.0.